The molecular formula is C18H26N4O3S. The molecule has 3 heterocycles. The summed E-state index contributed by atoms with van der Waals surface area (Å²) in [5.41, 5.74) is -3.86. The van der Waals surface area contributed by atoms with Crippen LogP contribution < -0.4 is 10.9 Å². The van der Waals surface area contributed by atoms with E-state index in [1.165, 1.54) is 0 Å². The van der Waals surface area contributed by atoms with Crippen molar-refractivity contribution in [2.45, 2.75) is 45.3 Å². The molecule has 1 saturated heterocycles. The summed E-state index contributed by atoms with van der Waals surface area (Å²) in [4.78, 5) is 29.8. The molecule has 3 rings (SSSR count). The highest BCUT2D eigenvalue weighted by atomic mass is 32.1. The fourth-order valence-electron chi connectivity index (χ4n) is 2.12. The zero-order chi connectivity index (χ0) is 35.3. The summed E-state index contributed by atoms with van der Waals surface area (Å²) in [7, 11) is 0. The number of pyridine rings is 1. The van der Waals surface area contributed by atoms with E-state index in [2.05, 4.69) is 10.1 Å². The van der Waals surface area contributed by atoms with Crippen LogP contribution in [0.25, 0.3) is 10.3 Å². The molecule has 2 aromatic rings. The summed E-state index contributed by atoms with van der Waals surface area (Å²) in [6, 6.07) is -2.80. The first-order chi connectivity index (χ1) is 19.9. The molecule has 0 aromatic carbocycles. The first-order valence-electron chi connectivity index (χ1n) is 16.6. The Labute approximate surface area is 183 Å². The van der Waals surface area contributed by atoms with E-state index in [1.54, 1.807) is 0 Å². The third-order valence-electron chi connectivity index (χ3n) is 3.21. The van der Waals surface area contributed by atoms with E-state index in [0.717, 1.165) is 6.92 Å². The molecule has 0 saturated carbocycles. The van der Waals surface area contributed by atoms with Crippen LogP contribution in [0.2, 0.25) is 1.41 Å². The molecular weight excluding hydrogens is 352 g/mol. The van der Waals surface area contributed by atoms with Gasteiger partial charge in [0.2, 0.25) is 0 Å². The average molecular weight is 398 g/mol. The Morgan fingerprint density at radius 1 is 1.69 bits per heavy atom. The van der Waals surface area contributed by atoms with Gasteiger partial charge in [-0.2, -0.15) is 0 Å². The fraction of sp³-hybridized carbons (Fsp3) is 0.611. The van der Waals surface area contributed by atoms with E-state index in [1.807, 2.05) is 0 Å². The molecule has 142 valence electrons. The van der Waals surface area contributed by atoms with E-state index < -0.39 is 108 Å². The normalized spacial score (nSPS) is 39.2. The van der Waals surface area contributed by atoms with E-state index in [-0.39, 0.29) is 5.31 Å². The summed E-state index contributed by atoms with van der Waals surface area (Å²) < 4.78 is 152. The first-order valence-corrected chi connectivity index (χ1v) is 8.02. The molecule has 0 radical (unpaired) electrons. The van der Waals surface area contributed by atoms with Crippen LogP contribution in [0.3, 0.4) is 0 Å². The maximum atomic E-state index is 13.5. The number of nitrogens with zero attached hydrogens (tertiary/aromatic N) is 3. The lowest BCUT2D eigenvalue weighted by atomic mass is 10.1. The number of fused-ring (bicyclic) bond motifs is 1. The van der Waals surface area contributed by atoms with Crippen molar-refractivity contribution in [3.8, 4) is 5.75 Å². The molecule has 8 heteroatoms. The van der Waals surface area contributed by atoms with E-state index >= 15 is 0 Å². The standard InChI is InChI=1S/C18H26N4O3S/c1-12(2)22-17(25)13(15(23)14-18(22)26-11-20-14)16(24)19-7-6-10-21-8-4-3-5-9-21/h11-12,23H,3-10H2,1-2H3,(H,19,24)/i1D3,3D2,4D2,5D2,8D2,9D2,10D2,11D,12D/hD2. The molecule has 7 nitrogen and oxygen atoms in total. The van der Waals surface area contributed by atoms with Crippen LogP contribution in [0, 0.1) is 0 Å². The van der Waals surface area contributed by atoms with E-state index in [0.29, 0.717) is 15.9 Å². The van der Waals surface area contributed by atoms with Crippen molar-refractivity contribution in [2.75, 3.05) is 26.0 Å². The number of carbonyl (C=O) groups is 1. The minimum atomic E-state index is -3.86. The third kappa shape index (κ3) is 3.76. The summed E-state index contributed by atoms with van der Waals surface area (Å²) in [5.74, 6) is -2.61. The number of carbonyl (C=O) groups excluding carboxylic acids is 1. The molecule has 1 aliphatic rings. The minimum Gasteiger partial charge on any atom is -0.505 e. The second-order valence-electron chi connectivity index (χ2n) is 4.92. The number of nitrogens with one attached hydrogen (secondary N) is 1. The predicted octanol–water partition coefficient (Wildman–Crippen LogP) is 2.35. The molecule has 1 aliphatic heterocycles. The molecule has 0 spiro atoms. The third-order valence-corrected chi connectivity index (χ3v) is 3.96. The molecule has 2 N–H and O–H groups in total. The van der Waals surface area contributed by atoms with Crippen molar-refractivity contribution in [2.24, 2.45) is 0 Å². The summed E-state index contributed by atoms with van der Waals surface area (Å²) in [6.07, 6.45) is -12.8. The van der Waals surface area contributed by atoms with Gasteiger partial charge in [0, 0.05) is 33.1 Å². The molecule has 1 fully saturated rings. The van der Waals surface area contributed by atoms with Crippen LogP contribution in [0.1, 0.15) is 79.0 Å². The number of aromatic nitrogens is 2. The highest BCUT2D eigenvalue weighted by Crippen LogP contribution is 2.29. The Morgan fingerprint density at radius 3 is 3.23 bits per heavy atom. The number of likely N-dealkylation sites (tertiary alicyclic amines) is 1. The van der Waals surface area contributed by atoms with E-state index in [4.69, 9.17) is 26.1 Å². The Hall–Kier alpha value is -1.93. The fourth-order valence-corrected chi connectivity index (χ4v) is 2.89. The predicted molar refractivity (Wildman–Crippen MR) is 103 cm³/mol. The van der Waals surface area contributed by atoms with Gasteiger partial charge >= 0.3 is 0 Å². The zero-order valence-electron chi connectivity index (χ0n) is 32.3. The number of rotatable bonds is 7. The van der Waals surface area contributed by atoms with Gasteiger partial charge in [0.1, 0.15) is 15.9 Å². The number of amides is 1. The van der Waals surface area contributed by atoms with Crippen molar-refractivity contribution in [3.05, 3.63) is 21.4 Å². The molecule has 1 atom stereocenters. The van der Waals surface area contributed by atoms with Gasteiger partial charge in [-0.3, -0.25) is 14.2 Å². The largest absolute Gasteiger partial charge is 0.505 e. The second-order valence-corrected chi connectivity index (χ2v) is 5.69. The van der Waals surface area contributed by atoms with Crippen molar-refractivity contribution in [1.82, 2.24) is 19.8 Å². The van der Waals surface area contributed by atoms with Crippen LogP contribution in [0.4, 0.5) is 0 Å². The van der Waals surface area contributed by atoms with Crippen LogP contribution >= 0.6 is 11.3 Å². The SMILES string of the molecule is [2H]Oc1c(C(=O)N([2H])CCC([2H])([2H])N2C([2H])([2H])C([2H])([2H])C([2H])([2H])C([2H])([2H])C2([2H])[2H])c(=O)n(C([2H])(C)C([2H])([2H])[2H])c2sc([2H])nc12. The Balaban J connectivity index is 2.11. The lowest BCUT2D eigenvalue weighted by Gasteiger charge is -2.26. The van der Waals surface area contributed by atoms with Gasteiger partial charge in [0.15, 0.2) is 7.16 Å². The summed E-state index contributed by atoms with van der Waals surface area (Å²) >= 11 is 0.422. The van der Waals surface area contributed by atoms with E-state index in [9.17, 15) is 9.59 Å². The maximum Gasteiger partial charge on any atom is 0.293 e. The first kappa shape index (κ1) is 6.31. The van der Waals surface area contributed by atoms with Gasteiger partial charge in [0.25, 0.3) is 12.9 Å². The van der Waals surface area contributed by atoms with Gasteiger partial charge in [-0.15, -0.1) is 11.3 Å². The van der Waals surface area contributed by atoms with Gasteiger partial charge in [-0.05, 0) is 52.4 Å². The minimum absolute atomic E-state index is 0.129. The number of piperidine rings is 1. The number of thiazole rings is 1. The maximum absolute atomic E-state index is 13.5. The van der Waals surface area contributed by atoms with Gasteiger partial charge in [0.05, 0.1) is 8.23 Å². The molecule has 26 heavy (non-hydrogen) atoms. The van der Waals surface area contributed by atoms with Crippen LogP contribution in [-0.4, -0.2) is 52.9 Å². The zero-order valence-corrected chi connectivity index (χ0v) is 14.2. The van der Waals surface area contributed by atoms with Gasteiger partial charge in [-0.1, -0.05) is 6.37 Å². The summed E-state index contributed by atoms with van der Waals surface area (Å²) in [5, 5.41) is 4.27. The number of hydrogen-bond donors (Lipinski definition) is 2. The second kappa shape index (κ2) is 8.18. The molecule has 0 bridgehead atoms. The van der Waals surface area contributed by atoms with Gasteiger partial charge < -0.3 is 15.3 Å². The molecule has 0 aliphatic carbocycles. The lowest BCUT2D eigenvalue weighted by Crippen LogP contribution is -2.36. The molecule has 2 aromatic heterocycles. The quantitative estimate of drug-likeness (QED) is 0.749. The average Bonchev–Trinajstić information content (AvgIpc) is 3.23. The van der Waals surface area contributed by atoms with Crippen LogP contribution in [-0.2, 0) is 0 Å². The van der Waals surface area contributed by atoms with Crippen LogP contribution in [0.15, 0.2) is 10.3 Å². The Bertz CT molecular complexity index is 1540. The smallest absolute Gasteiger partial charge is 0.293 e. The number of aromatic hydroxyl groups is 1. The van der Waals surface area contributed by atoms with Crippen LogP contribution in [0.5, 0.6) is 5.75 Å². The number of hydrogen-bond acceptors (Lipinski definition) is 6. The Kier molecular flexibility index (Phi) is 1.98. The molecule has 1 unspecified atom stereocenters. The topological polar surface area (TPSA) is 87.5 Å². The Morgan fingerprint density at radius 2 is 2.50 bits per heavy atom. The van der Waals surface area contributed by atoms with Crippen molar-refractivity contribution in [1.29, 1.82) is 1.43 Å². The molecule has 1 amide bonds. The van der Waals surface area contributed by atoms with Gasteiger partial charge in [-0.25, -0.2) is 4.98 Å². The van der Waals surface area contributed by atoms with Crippen molar-refractivity contribution < 1.29 is 34.6 Å². The van der Waals surface area contributed by atoms with Crippen molar-refractivity contribution >= 4 is 27.6 Å². The monoisotopic (exact) mass is 397 g/mol. The summed E-state index contributed by atoms with van der Waals surface area (Å²) in [6.45, 7) is -14.7. The van der Waals surface area contributed by atoms with Crippen molar-refractivity contribution in [3.63, 3.8) is 0 Å². The lowest BCUT2D eigenvalue weighted by molar-refractivity contribution is 0.0946. The highest BCUT2D eigenvalue weighted by molar-refractivity contribution is 7.16. The highest BCUT2D eigenvalue weighted by Gasteiger charge is 2.24.